The molecule has 1 aromatic rings. The molecule has 0 saturated carbocycles. The van der Waals surface area contributed by atoms with E-state index in [1.165, 1.54) is 18.5 Å². The van der Waals surface area contributed by atoms with E-state index in [9.17, 15) is 9.59 Å². The maximum Gasteiger partial charge on any atom is 0.337 e. The van der Waals surface area contributed by atoms with E-state index in [0.717, 1.165) is 12.8 Å². The van der Waals surface area contributed by atoms with Gasteiger partial charge in [0, 0.05) is 6.20 Å². The number of amides is 1. The summed E-state index contributed by atoms with van der Waals surface area (Å²) >= 11 is 0. The summed E-state index contributed by atoms with van der Waals surface area (Å²) < 4.78 is 0. The van der Waals surface area contributed by atoms with Crippen molar-refractivity contribution in [1.29, 1.82) is 0 Å². The van der Waals surface area contributed by atoms with E-state index in [1.807, 2.05) is 6.92 Å². The van der Waals surface area contributed by atoms with Crippen LogP contribution in [0.4, 0.5) is 5.69 Å². The zero-order valence-electron chi connectivity index (χ0n) is 10.2. The molecule has 1 unspecified atom stereocenters. The Morgan fingerprint density at radius 2 is 2.22 bits per heavy atom. The maximum absolute atomic E-state index is 11.7. The first-order chi connectivity index (χ1) is 8.54. The second kappa shape index (κ2) is 6.70. The lowest BCUT2D eigenvalue weighted by molar-refractivity contribution is -0.117. The van der Waals surface area contributed by atoms with Crippen LogP contribution in [-0.4, -0.2) is 28.0 Å². The molecule has 1 aromatic heterocycles. The first-order valence-corrected chi connectivity index (χ1v) is 5.79. The number of carbonyl (C=O) groups is 2. The molecule has 0 spiro atoms. The van der Waals surface area contributed by atoms with Crippen molar-refractivity contribution in [2.75, 3.05) is 5.32 Å². The minimum Gasteiger partial charge on any atom is -0.478 e. The van der Waals surface area contributed by atoms with Crippen LogP contribution in [0.2, 0.25) is 0 Å². The third-order valence-electron chi connectivity index (χ3n) is 2.46. The van der Waals surface area contributed by atoms with E-state index in [1.54, 1.807) is 0 Å². The van der Waals surface area contributed by atoms with E-state index in [-0.39, 0.29) is 11.5 Å². The van der Waals surface area contributed by atoms with Crippen molar-refractivity contribution < 1.29 is 14.7 Å². The van der Waals surface area contributed by atoms with E-state index in [2.05, 4.69) is 10.3 Å². The summed E-state index contributed by atoms with van der Waals surface area (Å²) in [4.78, 5) is 26.2. The summed E-state index contributed by atoms with van der Waals surface area (Å²) in [6.07, 6.45) is 5.05. The average molecular weight is 251 g/mol. The first kappa shape index (κ1) is 14.1. The Labute approximate surface area is 105 Å². The van der Waals surface area contributed by atoms with Gasteiger partial charge in [0.2, 0.25) is 5.91 Å². The van der Waals surface area contributed by atoms with Crippen molar-refractivity contribution in [2.45, 2.75) is 32.2 Å². The van der Waals surface area contributed by atoms with Gasteiger partial charge in [-0.25, -0.2) is 4.79 Å². The van der Waals surface area contributed by atoms with E-state index < -0.39 is 12.0 Å². The Hall–Kier alpha value is -1.95. The van der Waals surface area contributed by atoms with Gasteiger partial charge in [-0.05, 0) is 12.5 Å². The summed E-state index contributed by atoms with van der Waals surface area (Å²) in [5, 5.41) is 11.3. The second-order valence-electron chi connectivity index (χ2n) is 4.01. The number of hydrogen-bond donors (Lipinski definition) is 3. The third kappa shape index (κ3) is 4.14. The monoisotopic (exact) mass is 251 g/mol. The van der Waals surface area contributed by atoms with Gasteiger partial charge in [-0.1, -0.05) is 19.8 Å². The van der Waals surface area contributed by atoms with E-state index in [4.69, 9.17) is 10.8 Å². The quantitative estimate of drug-likeness (QED) is 0.705. The van der Waals surface area contributed by atoms with Crippen LogP contribution in [0.15, 0.2) is 18.5 Å². The number of nitrogens with two attached hydrogens (primary N) is 1. The number of carboxylic acid groups (broad SMARTS) is 1. The van der Waals surface area contributed by atoms with Crippen molar-refractivity contribution in [3.05, 3.63) is 24.0 Å². The SMILES string of the molecule is CCCCC(N)C(=O)Nc1cncc(C(=O)O)c1. The molecule has 0 saturated heterocycles. The largest absolute Gasteiger partial charge is 0.478 e. The fourth-order valence-corrected chi connectivity index (χ4v) is 1.42. The molecular weight excluding hydrogens is 234 g/mol. The number of nitrogens with zero attached hydrogens (tertiary/aromatic N) is 1. The van der Waals surface area contributed by atoms with Crippen LogP contribution in [0.1, 0.15) is 36.5 Å². The number of rotatable bonds is 6. The first-order valence-electron chi connectivity index (χ1n) is 5.79. The van der Waals surface area contributed by atoms with Crippen LogP contribution in [0.5, 0.6) is 0 Å². The number of hydrogen-bond acceptors (Lipinski definition) is 4. The predicted molar refractivity (Wildman–Crippen MR) is 67.3 cm³/mol. The smallest absolute Gasteiger partial charge is 0.337 e. The van der Waals surface area contributed by atoms with Crippen molar-refractivity contribution in [3.8, 4) is 0 Å². The van der Waals surface area contributed by atoms with Crippen LogP contribution in [0.3, 0.4) is 0 Å². The standard InChI is InChI=1S/C12H17N3O3/c1-2-3-4-10(13)11(16)15-9-5-8(12(17)18)6-14-7-9/h5-7,10H,2-4,13H2,1H3,(H,15,16)(H,17,18). The summed E-state index contributed by atoms with van der Waals surface area (Å²) in [5.41, 5.74) is 6.06. The molecule has 0 aliphatic rings. The van der Waals surface area contributed by atoms with Gasteiger partial charge in [0.1, 0.15) is 0 Å². The van der Waals surface area contributed by atoms with Crippen LogP contribution in [-0.2, 0) is 4.79 Å². The van der Waals surface area contributed by atoms with Gasteiger partial charge in [0.05, 0.1) is 23.5 Å². The molecule has 0 aromatic carbocycles. The van der Waals surface area contributed by atoms with Gasteiger partial charge < -0.3 is 16.2 Å². The predicted octanol–water partition coefficient (Wildman–Crippen LogP) is 1.24. The molecule has 0 fully saturated rings. The zero-order valence-corrected chi connectivity index (χ0v) is 10.2. The topological polar surface area (TPSA) is 105 Å². The minimum atomic E-state index is -1.09. The number of aromatic carboxylic acids is 1. The van der Waals surface area contributed by atoms with Gasteiger partial charge in [0.25, 0.3) is 0 Å². The van der Waals surface area contributed by atoms with Crippen molar-refractivity contribution in [3.63, 3.8) is 0 Å². The Bertz CT molecular complexity index is 434. The molecule has 1 atom stereocenters. The molecule has 1 amide bonds. The fraction of sp³-hybridized carbons (Fsp3) is 0.417. The van der Waals surface area contributed by atoms with Crippen molar-refractivity contribution in [2.24, 2.45) is 5.73 Å². The number of pyridine rings is 1. The summed E-state index contributed by atoms with van der Waals surface area (Å²) in [6, 6.07) is 0.762. The van der Waals surface area contributed by atoms with Gasteiger partial charge >= 0.3 is 5.97 Å². The summed E-state index contributed by atoms with van der Waals surface area (Å²) in [6.45, 7) is 2.02. The number of anilines is 1. The highest BCUT2D eigenvalue weighted by molar-refractivity contribution is 5.96. The second-order valence-corrected chi connectivity index (χ2v) is 4.01. The van der Waals surface area contributed by atoms with Crippen LogP contribution in [0, 0.1) is 0 Å². The molecule has 18 heavy (non-hydrogen) atoms. The summed E-state index contributed by atoms with van der Waals surface area (Å²) in [5.74, 6) is -1.42. The van der Waals surface area contributed by atoms with Crippen LogP contribution in [0.25, 0.3) is 0 Å². The fourth-order valence-electron chi connectivity index (χ4n) is 1.42. The van der Waals surface area contributed by atoms with Gasteiger partial charge in [0.15, 0.2) is 0 Å². The molecule has 0 aliphatic carbocycles. The maximum atomic E-state index is 11.7. The number of carbonyl (C=O) groups excluding carboxylic acids is 1. The highest BCUT2D eigenvalue weighted by Gasteiger charge is 2.13. The minimum absolute atomic E-state index is 0.0231. The molecule has 0 bridgehead atoms. The average Bonchev–Trinajstić information content (AvgIpc) is 2.36. The number of carboxylic acids is 1. The third-order valence-corrected chi connectivity index (χ3v) is 2.46. The number of aromatic nitrogens is 1. The van der Waals surface area contributed by atoms with Gasteiger partial charge in [-0.3, -0.25) is 9.78 Å². The number of unbranched alkanes of at least 4 members (excludes halogenated alkanes) is 1. The highest BCUT2D eigenvalue weighted by Crippen LogP contribution is 2.09. The highest BCUT2D eigenvalue weighted by atomic mass is 16.4. The summed E-state index contributed by atoms with van der Waals surface area (Å²) in [7, 11) is 0. The lowest BCUT2D eigenvalue weighted by Gasteiger charge is -2.11. The molecule has 1 rings (SSSR count). The molecule has 0 radical (unpaired) electrons. The molecule has 98 valence electrons. The van der Waals surface area contributed by atoms with E-state index >= 15 is 0 Å². The van der Waals surface area contributed by atoms with Crippen LogP contribution >= 0.6 is 0 Å². The van der Waals surface area contributed by atoms with Gasteiger partial charge in [-0.15, -0.1) is 0 Å². The lowest BCUT2D eigenvalue weighted by Crippen LogP contribution is -2.35. The normalized spacial score (nSPS) is 11.9. The molecule has 1 heterocycles. The lowest BCUT2D eigenvalue weighted by atomic mass is 10.1. The van der Waals surface area contributed by atoms with Gasteiger partial charge in [-0.2, -0.15) is 0 Å². The van der Waals surface area contributed by atoms with Crippen molar-refractivity contribution in [1.82, 2.24) is 4.98 Å². The Morgan fingerprint density at radius 3 is 2.83 bits per heavy atom. The van der Waals surface area contributed by atoms with E-state index in [0.29, 0.717) is 12.1 Å². The molecule has 4 N–H and O–H groups in total. The van der Waals surface area contributed by atoms with Crippen LogP contribution < -0.4 is 11.1 Å². The zero-order chi connectivity index (χ0) is 13.5. The Morgan fingerprint density at radius 1 is 1.50 bits per heavy atom. The molecule has 6 nitrogen and oxygen atoms in total. The molecule has 0 aliphatic heterocycles. The molecular formula is C12H17N3O3. The Kier molecular flexibility index (Phi) is 5.26. The Balaban J connectivity index is 2.64. The number of nitrogens with one attached hydrogen (secondary N) is 1. The molecule has 6 heteroatoms. The van der Waals surface area contributed by atoms with Crippen molar-refractivity contribution >= 4 is 17.6 Å².